The van der Waals surface area contributed by atoms with Crippen molar-refractivity contribution in [3.8, 4) is 5.75 Å². The van der Waals surface area contributed by atoms with Crippen molar-refractivity contribution in [3.63, 3.8) is 0 Å². The number of rotatable bonds is 6. The smallest absolute Gasteiger partial charge is 0.271 e. The zero-order valence-corrected chi connectivity index (χ0v) is 13.1. The van der Waals surface area contributed by atoms with Gasteiger partial charge in [0.25, 0.3) is 11.6 Å². The second kappa shape index (κ2) is 7.86. The molecule has 25 heavy (non-hydrogen) atoms. The molecule has 0 aliphatic rings. The first-order valence-corrected chi connectivity index (χ1v) is 7.09. The van der Waals surface area contributed by atoms with Gasteiger partial charge in [-0.25, -0.2) is 4.39 Å². The van der Waals surface area contributed by atoms with Gasteiger partial charge in [0.05, 0.1) is 10.6 Å². The van der Waals surface area contributed by atoms with Crippen molar-refractivity contribution in [1.82, 2.24) is 0 Å². The molecule has 0 saturated carbocycles. The van der Waals surface area contributed by atoms with E-state index in [1.807, 2.05) is 0 Å². The van der Waals surface area contributed by atoms with Gasteiger partial charge in [-0.3, -0.25) is 19.7 Å². The number of benzene rings is 2. The lowest BCUT2D eigenvalue weighted by molar-refractivity contribution is -0.384. The highest BCUT2D eigenvalue weighted by molar-refractivity contribution is 5.92. The molecule has 0 unspecified atom stereocenters. The highest BCUT2D eigenvalue weighted by atomic mass is 19.1. The largest absolute Gasteiger partial charge is 0.484 e. The summed E-state index contributed by atoms with van der Waals surface area (Å²) < 4.78 is 18.8. The highest BCUT2D eigenvalue weighted by Gasteiger charge is 2.13. The number of carbonyl (C=O) groups excluding carboxylic acids is 2. The minimum atomic E-state index is -0.793. The van der Waals surface area contributed by atoms with E-state index < -0.39 is 23.3 Å². The van der Waals surface area contributed by atoms with Gasteiger partial charge >= 0.3 is 0 Å². The normalized spacial score (nSPS) is 10.0. The number of nitrogens with zero attached hydrogens (tertiary/aromatic N) is 1. The van der Waals surface area contributed by atoms with Crippen LogP contribution in [0.4, 0.5) is 21.5 Å². The van der Waals surface area contributed by atoms with Gasteiger partial charge in [0, 0.05) is 24.7 Å². The Morgan fingerprint density at radius 3 is 2.44 bits per heavy atom. The van der Waals surface area contributed by atoms with Gasteiger partial charge in [0.15, 0.2) is 6.61 Å². The molecular weight excluding hydrogens is 333 g/mol. The van der Waals surface area contributed by atoms with E-state index in [0.717, 1.165) is 18.2 Å². The Balaban J connectivity index is 1.93. The van der Waals surface area contributed by atoms with Gasteiger partial charge in [0.2, 0.25) is 5.91 Å². The van der Waals surface area contributed by atoms with Crippen molar-refractivity contribution in [2.45, 2.75) is 6.92 Å². The molecule has 0 radical (unpaired) electrons. The van der Waals surface area contributed by atoms with Crippen LogP contribution in [0.25, 0.3) is 0 Å². The third-order valence-electron chi connectivity index (χ3n) is 2.98. The summed E-state index contributed by atoms with van der Waals surface area (Å²) in [4.78, 5) is 32.7. The molecule has 0 spiro atoms. The molecule has 8 nitrogen and oxygen atoms in total. The minimum absolute atomic E-state index is 0.216. The average molecular weight is 347 g/mol. The predicted octanol–water partition coefficient (Wildman–Crippen LogP) is 2.71. The number of nitrogens with one attached hydrogen (secondary N) is 2. The van der Waals surface area contributed by atoms with Gasteiger partial charge in [-0.1, -0.05) is 0 Å². The summed E-state index contributed by atoms with van der Waals surface area (Å²) in [6, 6.07) is 9.10. The van der Waals surface area contributed by atoms with E-state index in [-0.39, 0.29) is 17.3 Å². The maximum atomic E-state index is 13.6. The molecule has 2 N–H and O–H groups in total. The van der Waals surface area contributed by atoms with E-state index >= 15 is 0 Å². The average Bonchev–Trinajstić information content (AvgIpc) is 2.55. The van der Waals surface area contributed by atoms with E-state index in [4.69, 9.17) is 4.74 Å². The van der Waals surface area contributed by atoms with Crippen molar-refractivity contribution < 1.29 is 23.6 Å². The maximum Gasteiger partial charge on any atom is 0.271 e. The molecule has 0 heterocycles. The number of amides is 2. The van der Waals surface area contributed by atoms with Crippen LogP contribution in [0.2, 0.25) is 0 Å². The van der Waals surface area contributed by atoms with Crippen LogP contribution in [-0.4, -0.2) is 23.3 Å². The third kappa shape index (κ3) is 5.27. The molecule has 0 saturated heterocycles. The lowest BCUT2D eigenvalue weighted by Crippen LogP contribution is -2.20. The Labute approximate surface area is 141 Å². The van der Waals surface area contributed by atoms with Crippen LogP contribution in [0.1, 0.15) is 6.92 Å². The number of hydrogen-bond acceptors (Lipinski definition) is 5. The summed E-state index contributed by atoms with van der Waals surface area (Å²) >= 11 is 0. The number of nitro groups is 1. The standard InChI is InChI=1S/C16H14FN3O5/c1-10(21)18-11-2-5-13(6-3-11)25-9-16(22)19-15-8-12(20(23)24)4-7-14(15)17/h2-8H,9H2,1H3,(H,18,21)(H,19,22). The van der Waals surface area contributed by atoms with Crippen LogP contribution in [0, 0.1) is 15.9 Å². The molecule has 0 atom stereocenters. The fraction of sp³-hybridized carbons (Fsp3) is 0.125. The molecule has 2 rings (SSSR count). The first kappa shape index (κ1) is 17.9. The van der Waals surface area contributed by atoms with Crippen molar-refractivity contribution in [2.24, 2.45) is 0 Å². The van der Waals surface area contributed by atoms with Crippen LogP contribution in [0.3, 0.4) is 0 Å². The van der Waals surface area contributed by atoms with E-state index in [1.165, 1.54) is 6.92 Å². The molecular formula is C16H14FN3O5. The quantitative estimate of drug-likeness (QED) is 0.616. The van der Waals surface area contributed by atoms with Crippen LogP contribution in [0.15, 0.2) is 42.5 Å². The molecule has 2 aromatic rings. The summed E-state index contributed by atoms with van der Waals surface area (Å²) in [7, 11) is 0. The summed E-state index contributed by atoms with van der Waals surface area (Å²) in [6.07, 6.45) is 0. The van der Waals surface area contributed by atoms with Crippen LogP contribution >= 0.6 is 0 Å². The van der Waals surface area contributed by atoms with Gasteiger partial charge in [-0.05, 0) is 30.3 Å². The molecule has 0 bridgehead atoms. The van der Waals surface area contributed by atoms with E-state index in [1.54, 1.807) is 24.3 Å². The lowest BCUT2D eigenvalue weighted by atomic mass is 10.2. The number of hydrogen-bond donors (Lipinski definition) is 2. The van der Waals surface area contributed by atoms with Crippen molar-refractivity contribution >= 4 is 28.9 Å². The van der Waals surface area contributed by atoms with Crippen molar-refractivity contribution in [2.75, 3.05) is 17.2 Å². The number of anilines is 2. The molecule has 2 amide bonds. The van der Waals surface area contributed by atoms with Gasteiger partial charge < -0.3 is 15.4 Å². The molecule has 130 valence electrons. The monoisotopic (exact) mass is 347 g/mol. The van der Waals surface area contributed by atoms with Crippen molar-refractivity contribution in [1.29, 1.82) is 0 Å². The lowest BCUT2D eigenvalue weighted by Gasteiger charge is -2.09. The Kier molecular flexibility index (Phi) is 5.62. The fourth-order valence-corrected chi connectivity index (χ4v) is 1.90. The number of carbonyl (C=O) groups is 2. The van der Waals surface area contributed by atoms with E-state index in [2.05, 4.69) is 10.6 Å². The number of non-ortho nitro benzene ring substituents is 1. The minimum Gasteiger partial charge on any atom is -0.484 e. The van der Waals surface area contributed by atoms with Crippen LogP contribution < -0.4 is 15.4 Å². The summed E-state index contributed by atoms with van der Waals surface area (Å²) in [5, 5.41) is 15.5. The first-order chi connectivity index (χ1) is 11.8. The van der Waals surface area contributed by atoms with Crippen molar-refractivity contribution in [3.05, 3.63) is 58.4 Å². The number of nitro benzene ring substituents is 1. The Morgan fingerprint density at radius 2 is 1.84 bits per heavy atom. The van der Waals surface area contributed by atoms with Crippen LogP contribution in [0.5, 0.6) is 5.75 Å². The molecule has 0 aromatic heterocycles. The SMILES string of the molecule is CC(=O)Nc1ccc(OCC(=O)Nc2cc([N+](=O)[O-])ccc2F)cc1. The molecule has 0 fully saturated rings. The second-order valence-electron chi connectivity index (χ2n) is 4.96. The summed E-state index contributed by atoms with van der Waals surface area (Å²) in [5.41, 5.74) is -0.0713. The summed E-state index contributed by atoms with van der Waals surface area (Å²) in [5.74, 6) is -1.32. The van der Waals surface area contributed by atoms with Gasteiger partial charge in [-0.2, -0.15) is 0 Å². The molecule has 2 aromatic carbocycles. The van der Waals surface area contributed by atoms with E-state index in [0.29, 0.717) is 11.4 Å². The topological polar surface area (TPSA) is 111 Å². The van der Waals surface area contributed by atoms with Gasteiger partial charge in [-0.15, -0.1) is 0 Å². The predicted molar refractivity (Wildman–Crippen MR) is 87.9 cm³/mol. The third-order valence-corrected chi connectivity index (χ3v) is 2.98. The maximum absolute atomic E-state index is 13.6. The summed E-state index contributed by atoms with van der Waals surface area (Å²) in [6.45, 7) is 0.962. The fourth-order valence-electron chi connectivity index (χ4n) is 1.90. The van der Waals surface area contributed by atoms with Gasteiger partial charge in [0.1, 0.15) is 11.6 Å². The Hall–Kier alpha value is -3.49. The molecule has 9 heteroatoms. The zero-order chi connectivity index (χ0) is 18.4. The number of halogens is 1. The second-order valence-corrected chi connectivity index (χ2v) is 4.96. The highest BCUT2D eigenvalue weighted by Crippen LogP contribution is 2.21. The Morgan fingerprint density at radius 1 is 1.16 bits per heavy atom. The zero-order valence-electron chi connectivity index (χ0n) is 13.1. The van der Waals surface area contributed by atoms with E-state index in [9.17, 15) is 24.1 Å². The number of ether oxygens (including phenoxy) is 1. The Bertz CT molecular complexity index is 808. The van der Waals surface area contributed by atoms with Crippen LogP contribution in [-0.2, 0) is 9.59 Å². The molecule has 0 aliphatic carbocycles. The first-order valence-electron chi connectivity index (χ1n) is 7.09. The molecule has 0 aliphatic heterocycles.